The molecule has 0 amide bonds. The molecule has 13 heteroatoms. The molecule has 0 aromatic rings. The van der Waals surface area contributed by atoms with Crippen molar-refractivity contribution in [2.24, 2.45) is 0 Å². The maximum Gasteiger partial charge on any atom is 1.00 e. The van der Waals surface area contributed by atoms with Crippen LogP contribution in [0.15, 0.2) is 0 Å². The number of aliphatic carboxylic acids is 1. The minimum absolute atomic E-state index is 0. The van der Waals surface area contributed by atoms with Crippen LogP contribution in [-0.4, -0.2) is 76.4 Å². The van der Waals surface area contributed by atoms with Crippen molar-refractivity contribution in [1.29, 1.82) is 0 Å². The normalized spacial score (nSPS) is 11.8. The van der Waals surface area contributed by atoms with Crippen molar-refractivity contribution in [2.75, 3.05) is 46.2 Å². The van der Waals surface area contributed by atoms with Crippen LogP contribution in [0.5, 0.6) is 0 Å². The van der Waals surface area contributed by atoms with E-state index in [0.717, 1.165) is 13.0 Å². The molecule has 0 N–H and O–H groups in total. The van der Waals surface area contributed by atoms with Crippen LogP contribution in [0.1, 0.15) is 77.6 Å². The third kappa shape index (κ3) is 27.6. The SMILES string of the molecule is CCCCCCCCCCCCOCCOCCOCCOC(=O)CC(C(=O)[O-])S(=O)(=O)[O-].[Na+].[Na+]. The summed E-state index contributed by atoms with van der Waals surface area (Å²) in [6.45, 7) is 4.32. The Balaban J connectivity index is -0.00000512. The average molecular weight is 543 g/mol. The van der Waals surface area contributed by atoms with Gasteiger partial charge in [0.05, 0.1) is 50.7 Å². The molecule has 1 unspecified atom stereocenters. The number of carbonyl (C=O) groups is 2. The van der Waals surface area contributed by atoms with Gasteiger partial charge >= 0.3 is 65.1 Å². The van der Waals surface area contributed by atoms with E-state index in [1.54, 1.807) is 0 Å². The summed E-state index contributed by atoms with van der Waals surface area (Å²) in [6, 6.07) is 0. The minimum Gasteiger partial charge on any atom is -0.747 e. The molecule has 0 bridgehead atoms. The van der Waals surface area contributed by atoms with Crippen molar-refractivity contribution < 1.29 is 106 Å². The molecule has 10 nitrogen and oxygen atoms in total. The molecule has 0 spiro atoms. The Morgan fingerprint density at radius 2 is 1.09 bits per heavy atom. The van der Waals surface area contributed by atoms with Gasteiger partial charge in [-0.15, -0.1) is 0 Å². The van der Waals surface area contributed by atoms with Gasteiger partial charge in [0, 0.05) is 6.61 Å². The number of unbranched alkanes of at least 4 members (excludes halogenated alkanes) is 9. The second-order valence-electron chi connectivity index (χ2n) is 7.74. The van der Waals surface area contributed by atoms with Crippen molar-refractivity contribution in [3.05, 3.63) is 0 Å². The van der Waals surface area contributed by atoms with E-state index in [4.69, 9.17) is 14.2 Å². The summed E-state index contributed by atoms with van der Waals surface area (Å²) < 4.78 is 52.9. The quantitative estimate of drug-likeness (QED) is 0.0506. The van der Waals surface area contributed by atoms with Crippen molar-refractivity contribution in [1.82, 2.24) is 0 Å². The smallest absolute Gasteiger partial charge is 0.747 e. The van der Waals surface area contributed by atoms with Crippen LogP contribution in [0, 0.1) is 0 Å². The van der Waals surface area contributed by atoms with Gasteiger partial charge in [0.1, 0.15) is 16.7 Å². The van der Waals surface area contributed by atoms with Crippen LogP contribution in [0.2, 0.25) is 0 Å². The van der Waals surface area contributed by atoms with Crippen LogP contribution in [0.25, 0.3) is 0 Å². The monoisotopic (exact) mass is 542 g/mol. The van der Waals surface area contributed by atoms with E-state index < -0.39 is 33.7 Å². The van der Waals surface area contributed by atoms with E-state index in [1.165, 1.54) is 57.8 Å². The first-order valence-electron chi connectivity index (χ1n) is 11.8. The number of ether oxygens (including phenoxy) is 4. The number of rotatable bonds is 24. The van der Waals surface area contributed by atoms with Crippen LogP contribution >= 0.6 is 0 Å². The predicted molar refractivity (Wildman–Crippen MR) is 118 cm³/mol. The van der Waals surface area contributed by atoms with Gasteiger partial charge in [-0.1, -0.05) is 64.7 Å². The number of carbonyl (C=O) groups excluding carboxylic acids is 2. The fraction of sp³-hybridized carbons (Fsp3) is 0.909. The van der Waals surface area contributed by atoms with E-state index in [2.05, 4.69) is 11.7 Å². The van der Waals surface area contributed by atoms with E-state index in [0.29, 0.717) is 19.8 Å². The van der Waals surface area contributed by atoms with Gasteiger partial charge in [0.25, 0.3) is 0 Å². The van der Waals surface area contributed by atoms with Gasteiger partial charge in [-0.05, 0) is 6.42 Å². The van der Waals surface area contributed by atoms with Crippen molar-refractivity contribution in [2.45, 2.75) is 82.8 Å². The molecule has 0 aliphatic carbocycles. The number of esters is 1. The predicted octanol–water partition coefficient (Wildman–Crippen LogP) is -4.44. The molecule has 1 atom stereocenters. The summed E-state index contributed by atoms with van der Waals surface area (Å²) in [5.41, 5.74) is 0. The molecule has 0 aliphatic rings. The van der Waals surface area contributed by atoms with Gasteiger partial charge in [0.15, 0.2) is 0 Å². The van der Waals surface area contributed by atoms with Crippen LogP contribution < -0.4 is 64.2 Å². The summed E-state index contributed by atoms with van der Waals surface area (Å²) >= 11 is 0. The Labute approximate surface area is 254 Å². The summed E-state index contributed by atoms with van der Waals surface area (Å²) in [5.74, 6) is -3.27. The first kappa shape index (κ1) is 40.2. The molecular weight excluding hydrogens is 502 g/mol. The van der Waals surface area contributed by atoms with E-state index in [-0.39, 0.29) is 78.9 Å². The maximum atomic E-state index is 11.4. The second-order valence-corrected chi connectivity index (χ2v) is 9.30. The molecule has 0 fully saturated rings. The fourth-order valence-corrected chi connectivity index (χ4v) is 3.54. The Morgan fingerprint density at radius 1 is 0.686 bits per heavy atom. The fourth-order valence-electron chi connectivity index (χ4n) is 2.96. The van der Waals surface area contributed by atoms with E-state index in [1.807, 2.05) is 0 Å². The average Bonchev–Trinajstić information content (AvgIpc) is 2.75. The molecule has 0 saturated heterocycles. The molecule has 0 radical (unpaired) electrons. The Kier molecular flexibility index (Phi) is 31.9. The van der Waals surface area contributed by atoms with Gasteiger partial charge in [-0.2, -0.15) is 0 Å². The standard InChI is InChI=1S/C22H42O10S.2Na/c1-2-3-4-5-6-7-8-9-10-11-12-29-13-14-30-15-16-31-17-18-32-21(23)19-20(22(24)25)33(26,27)28;;/h20H,2-19H2,1H3,(H,24,25)(H,26,27,28);;/q;2*+1/p-2. The van der Waals surface area contributed by atoms with Gasteiger partial charge in [0.2, 0.25) is 0 Å². The minimum atomic E-state index is -5.19. The molecule has 0 saturated carbocycles. The van der Waals surface area contributed by atoms with Crippen LogP contribution in [-0.2, 0) is 38.7 Å². The van der Waals surface area contributed by atoms with E-state index >= 15 is 0 Å². The Morgan fingerprint density at radius 3 is 1.51 bits per heavy atom. The van der Waals surface area contributed by atoms with Crippen molar-refractivity contribution in [3.8, 4) is 0 Å². The zero-order valence-corrected chi connectivity index (χ0v) is 26.6. The summed E-state index contributed by atoms with van der Waals surface area (Å²) in [5, 5.41) is 8.13. The van der Waals surface area contributed by atoms with Crippen molar-refractivity contribution >= 4 is 22.1 Å². The summed E-state index contributed by atoms with van der Waals surface area (Å²) in [4.78, 5) is 22.0. The molecule has 0 rings (SSSR count). The molecule has 0 aromatic carbocycles. The number of hydrogen-bond acceptors (Lipinski definition) is 10. The second kappa shape index (κ2) is 27.8. The molecule has 0 aliphatic heterocycles. The molecule has 35 heavy (non-hydrogen) atoms. The molecule has 0 heterocycles. The largest absolute Gasteiger partial charge is 1.00 e. The first-order valence-corrected chi connectivity index (χ1v) is 13.3. The Hall–Kier alpha value is 0.730. The zero-order chi connectivity index (χ0) is 24.8. The molecule has 0 aromatic heterocycles. The maximum absolute atomic E-state index is 11.4. The van der Waals surface area contributed by atoms with Gasteiger partial charge in [-0.3, -0.25) is 4.79 Å². The first-order chi connectivity index (χ1) is 15.8. The van der Waals surface area contributed by atoms with E-state index in [9.17, 15) is 27.7 Å². The van der Waals surface area contributed by atoms with Crippen molar-refractivity contribution in [3.63, 3.8) is 0 Å². The van der Waals surface area contributed by atoms with Gasteiger partial charge in [-0.25, -0.2) is 8.42 Å². The molecule has 196 valence electrons. The zero-order valence-electron chi connectivity index (χ0n) is 21.8. The van der Waals surface area contributed by atoms with Crippen LogP contribution in [0.4, 0.5) is 0 Å². The number of hydrogen-bond donors (Lipinski definition) is 0. The number of carboxylic acids is 1. The molecular formula is C22H40Na2O10S. The van der Waals surface area contributed by atoms with Gasteiger partial charge < -0.3 is 33.4 Å². The Bertz CT molecular complexity index is 605. The summed E-state index contributed by atoms with van der Waals surface area (Å²) in [7, 11) is -5.19. The number of carboxylic acid groups (broad SMARTS) is 1. The topological polar surface area (TPSA) is 151 Å². The third-order valence-electron chi connectivity index (χ3n) is 4.84. The summed E-state index contributed by atoms with van der Waals surface area (Å²) in [6.07, 6.45) is 11.8. The third-order valence-corrected chi connectivity index (χ3v) is 5.90. The van der Waals surface area contributed by atoms with Crippen LogP contribution in [0.3, 0.4) is 0 Å².